The number of aromatic nitrogens is 1. The molecule has 4 rings (SSSR count). The highest BCUT2D eigenvalue weighted by molar-refractivity contribution is 6.04. The van der Waals surface area contributed by atoms with Gasteiger partial charge in [0.2, 0.25) is 0 Å². The molecule has 0 aliphatic rings. The molecule has 0 spiro atoms. The Bertz CT molecular complexity index is 966. The molecular weight excluding hydrogens is 258 g/mol. The van der Waals surface area contributed by atoms with Crippen LogP contribution in [0.25, 0.3) is 32.8 Å². The van der Waals surface area contributed by atoms with Gasteiger partial charge in [0, 0.05) is 22.7 Å². The summed E-state index contributed by atoms with van der Waals surface area (Å²) in [6.07, 6.45) is 2.66. The number of nitrogens with one attached hydrogen (secondary N) is 1. The number of carbonyl (C=O) groups is 1. The van der Waals surface area contributed by atoms with E-state index in [1.807, 2.05) is 24.3 Å². The van der Waals surface area contributed by atoms with Crippen LogP contribution in [0.5, 0.6) is 0 Å². The fraction of sp³-hybridized carbons (Fsp3) is 0. The van der Waals surface area contributed by atoms with Gasteiger partial charge in [0.1, 0.15) is 0 Å². The van der Waals surface area contributed by atoms with Gasteiger partial charge >= 0.3 is 0 Å². The molecule has 0 fully saturated rings. The lowest BCUT2D eigenvalue weighted by atomic mass is 9.99. The Kier molecular flexibility index (Phi) is 2.61. The molecule has 100 valence electrons. The van der Waals surface area contributed by atoms with E-state index < -0.39 is 0 Å². The van der Waals surface area contributed by atoms with E-state index in [1.165, 1.54) is 10.8 Å². The van der Waals surface area contributed by atoms with Crippen LogP contribution in [0.1, 0.15) is 10.4 Å². The molecule has 1 heterocycles. The third kappa shape index (κ3) is 1.84. The summed E-state index contributed by atoms with van der Waals surface area (Å²) < 4.78 is 0. The topological polar surface area (TPSA) is 32.9 Å². The predicted octanol–water partition coefficient (Wildman–Crippen LogP) is 4.80. The quantitative estimate of drug-likeness (QED) is 0.522. The van der Waals surface area contributed by atoms with Crippen LogP contribution in [0.2, 0.25) is 0 Å². The van der Waals surface area contributed by atoms with Crippen molar-refractivity contribution in [2.45, 2.75) is 0 Å². The third-order valence-corrected chi connectivity index (χ3v) is 3.93. The first-order valence-electron chi connectivity index (χ1n) is 6.91. The van der Waals surface area contributed by atoms with Crippen molar-refractivity contribution in [2.75, 3.05) is 0 Å². The molecule has 0 unspecified atom stereocenters. The normalized spacial score (nSPS) is 11.0. The summed E-state index contributed by atoms with van der Waals surface area (Å²) in [5, 5.41) is 3.42. The summed E-state index contributed by atoms with van der Waals surface area (Å²) in [6, 6.07) is 20.8. The van der Waals surface area contributed by atoms with E-state index in [-0.39, 0.29) is 0 Å². The Hall–Kier alpha value is -2.87. The number of carbonyl (C=O) groups excluding carboxylic acids is 1. The van der Waals surface area contributed by atoms with E-state index in [4.69, 9.17) is 0 Å². The highest BCUT2D eigenvalue weighted by atomic mass is 16.1. The molecule has 3 aromatic carbocycles. The zero-order valence-corrected chi connectivity index (χ0v) is 11.3. The molecule has 0 aliphatic carbocycles. The second kappa shape index (κ2) is 4.60. The Morgan fingerprint density at radius 2 is 1.71 bits per heavy atom. The van der Waals surface area contributed by atoms with Gasteiger partial charge in [-0.1, -0.05) is 54.6 Å². The van der Waals surface area contributed by atoms with Crippen molar-refractivity contribution >= 4 is 28.0 Å². The van der Waals surface area contributed by atoms with Crippen LogP contribution < -0.4 is 0 Å². The first kappa shape index (κ1) is 11.9. The molecule has 2 heteroatoms. The van der Waals surface area contributed by atoms with E-state index in [2.05, 4.69) is 41.4 Å². The van der Waals surface area contributed by atoms with Crippen LogP contribution in [-0.4, -0.2) is 11.3 Å². The first-order chi connectivity index (χ1) is 10.4. The second-order valence-corrected chi connectivity index (χ2v) is 5.15. The number of hydrogen-bond acceptors (Lipinski definition) is 1. The van der Waals surface area contributed by atoms with Gasteiger partial charge in [-0.15, -0.1) is 0 Å². The Morgan fingerprint density at radius 1 is 0.857 bits per heavy atom. The van der Waals surface area contributed by atoms with Gasteiger partial charge in [-0.25, -0.2) is 0 Å². The Balaban J connectivity index is 1.99. The van der Waals surface area contributed by atoms with Gasteiger partial charge in [-0.3, -0.25) is 4.79 Å². The number of hydrogen-bond donors (Lipinski definition) is 1. The highest BCUT2D eigenvalue weighted by Gasteiger charge is 2.08. The van der Waals surface area contributed by atoms with Crippen LogP contribution in [0.4, 0.5) is 0 Å². The van der Waals surface area contributed by atoms with E-state index in [9.17, 15) is 4.79 Å². The fourth-order valence-corrected chi connectivity index (χ4v) is 2.87. The Labute approximate surface area is 122 Å². The Morgan fingerprint density at radius 3 is 2.57 bits per heavy atom. The van der Waals surface area contributed by atoms with Gasteiger partial charge in [0.25, 0.3) is 0 Å². The highest BCUT2D eigenvalue weighted by Crippen LogP contribution is 2.31. The zero-order chi connectivity index (χ0) is 14.2. The molecular formula is C19H13NO. The van der Waals surface area contributed by atoms with E-state index in [1.54, 1.807) is 6.20 Å². The maximum absolute atomic E-state index is 11.1. The molecule has 0 saturated carbocycles. The number of aromatic amines is 1. The van der Waals surface area contributed by atoms with E-state index in [0.29, 0.717) is 5.56 Å². The molecule has 21 heavy (non-hydrogen) atoms. The summed E-state index contributed by atoms with van der Waals surface area (Å²) >= 11 is 0. The fourth-order valence-electron chi connectivity index (χ4n) is 2.87. The van der Waals surface area contributed by atoms with Crippen molar-refractivity contribution < 1.29 is 4.79 Å². The van der Waals surface area contributed by atoms with Gasteiger partial charge in [-0.2, -0.15) is 0 Å². The molecule has 0 bridgehead atoms. The summed E-state index contributed by atoms with van der Waals surface area (Å²) in [5.74, 6) is 0. The van der Waals surface area contributed by atoms with Gasteiger partial charge < -0.3 is 4.98 Å². The molecule has 0 amide bonds. The van der Waals surface area contributed by atoms with Crippen LogP contribution >= 0.6 is 0 Å². The molecule has 0 radical (unpaired) electrons. The standard InChI is InChI=1S/C19H13NO/c21-12-16-11-20-19-17(6-3-7-18(16)19)15-9-8-13-4-1-2-5-14(13)10-15/h1-12,20H. The lowest BCUT2D eigenvalue weighted by molar-refractivity contribution is 0.112. The summed E-state index contributed by atoms with van der Waals surface area (Å²) in [4.78, 5) is 14.3. The largest absolute Gasteiger partial charge is 0.360 e. The van der Waals surface area contributed by atoms with Crippen LogP contribution in [0.15, 0.2) is 66.9 Å². The number of aldehydes is 1. The van der Waals surface area contributed by atoms with Gasteiger partial charge in [-0.05, 0) is 22.4 Å². The monoisotopic (exact) mass is 271 g/mol. The summed E-state index contributed by atoms with van der Waals surface area (Å²) in [7, 11) is 0. The predicted molar refractivity (Wildman–Crippen MR) is 86.6 cm³/mol. The average Bonchev–Trinajstić information content (AvgIpc) is 2.97. The minimum atomic E-state index is 0.702. The zero-order valence-electron chi connectivity index (χ0n) is 11.3. The SMILES string of the molecule is O=Cc1c[nH]c2c(-c3ccc4ccccc4c3)cccc12. The van der Waals surface area contributed by atoms with Gasteiger partial charge in [0.05, 0.1) is 5.52 Å². The van der Waals surface area contributed by atoms with Crippen molar-refractivity contribution in [3.8, 4) is 11.1 Å². The molecule has 1 N–H and O–H groups in total. The number of benzene rings is 3. The third-order valence-electron chi connectivity index (χ3n) is 3.93. The van der Waals surface area contributed by atoms with Crippen molar-refractivity contribution in [3.05, 3.63) is 72.4 Å². The maximum atomic E-state index is 11.1. The van der Waals surface area contributed by atoms with E-state index in [0.717, 1.165) is 28.3 Å². The molecule has 1 aromatic heterocycles. The number of rotatable bonds is 2. The minimum Gasteiger partial charge on any atom is -0.360 e. The van der Waals surface area contributed by atoms with Crippen molar-refractivity contribution in [2.24, 2.45) is 0 Å². The van der Waals surface area contributed by atoms with Crippen LogP contribution in [-0.2, 0) is 0 Å². The van der Waals surface area contributed by atoms with Crippen LogP contribution in [0, 0.1) is 0 Å². The minimum absolute atomic E-state index is 0.702. The molecule has 0 aliphatic heterocycles. The lowest BCUT2D eigenvalue weighted by Gasteiger charge is -2.06. The lowest BCUT2D eigenvalue weighted by Crippen LogP contribution is -1.82. The van der Waals surface area contributed by atoms with Crippen molar-refractivity contribution in [3.63, 3.8) is 0 Å². The molecule has 0 saturated heterocycles. The molecule has 4 aromatic rings. The number of H-pyrrole nitrogens is 1. The average molecular weight is 271 g/mol. The van der Waals surface area contributed by atoms with Crippen molar-refractivity contribution in [1.82, 2.24) is 4.98 Å². The van der Waals surface area contributed by atoms with E-state index >= 15 is 0 Å². The first-order valence-corrected chi connectivity index (χ1v) is 6.91. The second-order valence-electron chi connectivity index (χ2n) is 5.15. The smallest absolute Gasteiger partial charge is 0.152 e. The molecule has 0 atom stereocenters. The molecule has 2 nitrogen and oxygen atoms in total. The van der Waals surface area contributed by atoms with Crippen LogP contribution in [0.3, 0.4) is 0 Å². The maximum Gasteiger partial charge on any atom is 0.152 e. The van der Waals surface area contributed by atoms with Crippen molar-refractivity contribution in [1.29, 1.82) is 0 Å². The summed E-state index contributed by atoms with van der Waals surface area (Å²) in [5.41, 5.74) is 3.98. The van der Waals surface area contributed by atoms with Gasteiger partial charge in [0.15, 0.2) is 6.29 Å². The number of fused-ring (bicyclic) bond motifs is 2. The number of para-hydroxylation sites is 1. The summed E-state index contributed by atoms with van der Waals surface area (Å²) in [6.45, 7) is 0.